The Morgan fingerprint density at radius 1 is 1.26 bits per heavy atom. The van der Waals surface area contributed by atoms with Gasteiger partial charge >= 0.3 is 0 Å². The summed E-state index contributed by atoms with van der Waals surface area (Å²) in [4.78, 5) is 11.9. The van der Waals surface area contributed by atoms with Crippen LogP contribution in [-0.4, -0.2) is 12.5 Å². The first-order chi connectivity index (χ1) is 8.90. The first kappa shape index (κ1) is 15.7. The summed E-state index contributed by atoms with van der Waals surface area (Å²) in [6.45, 7) is 10.3. The zero-order chi connectivity index (χ0) is 14.3. The van der Waals surface area contributed by atoms with Gasteiger partial charge < -0.3 is 10.6 Å². The number of rotatable bonds is 6. The van der Waals surface area contributed by atoms with Gasteiger partial charge in [0.05, 0.1) is 0 Å². The molecule has 0 saturated carbocycles. The predicted octanol–water partition coefficient (Wildman–Crippen LogP) is 3.56. The molecule has 0 aliphatic rings. The fourth-order valence-corrected chi connectivity index (χ4v) is 1.74. The minimum Gasteiger partial charge on any atom is -0.326 e. The van der Waals surface area contributed by atoms with Crippen LogP contribution in [0.5, 0.6) is 0 Å². The molecule has 0 saturated heterocycles. The van der Waals surface area contributed by atoms with Crippen LogP contribution in [0.25, 0.3) is 0 Å². The minimum atomic E-state index is 0.0931. The van der Waals surface area contributed by atoms with E-state index in [9.17, 15) is 4.79 Å². The summed E-state index contributed by atoms with van der Waals surface area (Å²) in [6.07, 6.45) is 1.47. The number of amides is 1. The maximum absolute atomic E-state index is 11.9. The van der Waals surface area contributed by atoms with E-state index in [-0.39, 0.29) is 11.3 Å². The molecule has 2 N–H and O–H groups in total. The van der Waals surface area contributed by atoms with Gasteiger partial charge in [-0.1, -0.05) is 39.8 Å². The first-order valence-corrected chi connectivity index (χ1v) is 7.00. The Morgan fingerprint density at radius 2 is 2.00 bits per heavy atom. The van der Waals surface area contributed by atoms with E-state index in [1.807, 2.05) is 18.2 Å². The number of carbonyl (C=O) groups excluding carboxylic acids is 1. The standard InChI is InChI=1S/C16H26N2O/c1-5-17-12-13-7-6-8-14(11-13)18-15(19)9-10-16(2,3)4/h6-8,11,17H,5,9-10,12H2,1-4H3,(H,18,19). The van der Waals surface area contributed by atoms with Crippen molar-refractivity contribution in [3.63, 3.8) is 0 Å². The number of carbonyl (C=O) groups is 1. The largest absolute Gasteiger partial charge is 0.326 e. The maximum atomic E-state index is 11.9. The van der Waals surface area contributed by atoms with Gasteiger partial charge in [0.1, 0.15) is 0 Å². The molecule has 0 aliphatic heterocycles. The van der Waals surface area contributed by atoms with Crippen LogP contribution in [0.3, 0.4) is 0 Å². The van der Waals surface area contributed by atoms with Crippen molar-refractivity contribution in [2.24, 2.45) is 5.41 Å². The molecular weight excluding hydrogens is 236 g/mol. The van der Waals surface area contributed by atoms with Crippen LogP contribution < -0.4 is 10.6 Å². The van der Waals surface area contributed by atoms with E-state index in [0.717, 1.165) is 25.2 Å². The molecule has 19 heavy (non-hydrogen) atoms. The molecule has 1 rings (SSSR count). The van der Waals surface area contributed by atoms with E-state index in [0.29, 0.717) is 6.42 Å². The van der Waals surface area contributed by atoms with Crippen molar-refractivity contribution in [1.82, 2.24) is 5.32 Å². The highest BCUT2D eigenvalue weighted by atomic mass is 16.1. The zero-order valence-electron chi connectivity index (χ0n) is 12.5. The minimum absolute atomic E-state index is 0.0931. The highest BCUT2D eigenvalue weighted by molar-refractivity contribution is 5.90. The van der Waals surface area contributed by atoms with Crippen LogP contribution in [0.4, 0.5) is 5.69 Å². The maximum Gasteiger partial charge on any atom is 0.224 e. The lowest BCUT2D eigenvalue weighted by Gasteiger charge is -2.17. The molecule has 0 aromatic heterocycles. The van der Waals surface area contributed by atoms with E-state index in [2.05, 4.69) is 44.4 Å². The lowest BCUT2D eigenvalue weighted by atomic mass is 9.90. The summed E-state index contributed by atoms with van der Waals surface area (Å²) in [5.74, 6) is 0.0931. The van der Waals surface area contributed by atoms with Crippen molar-refractivity contribution in [1.29, 1.82) is 0 Å². The molecule has 0 spiro atoms. The Hall–Kier alpha value is -1.35. The van der Waals surface area contributed by atoms with E-state index in [1.54, 1.807) is 0 Å². The number of nitrogens with one attached hydrogen (secondary N) is 2. The second-order valence-corrected chi connectivity index (χ2v) is 6.09. The third-order valence-electron chi connectivity index (χ3n) is 2.89. The summed E-state index contributed by atoms with van der Waals surface area (Å²) < 4.78 is 0. The van der Waals surface area contributed by atoms with E-state index in [1.165, 1.54) is 5.56 Å². The number of benzene rings is 1. The van der Waals surface area contributed by atoms with Gasteiger partial charge in [-0.2, -0.15) is 0 Å². The fraction of sp³-hybridized carbons (Fsp3) is 0.562. The summed E-state index contributed by atoms with van der Waals surface area (Å²) in [5.41, 5.74) is 2.27. The van der Waals surface area contributed by atoms with Gasteiger partial charge in [-0.05, 0) is 36.1 Å². The van der Waals surface area contributed by atoms with E-state index < -0.39 is 0 Å². The van der Waals surface area contributed by atoms with Crippen LogP contribution in [0.15, 0.2) is 24.3 Å². The van der Waals surface area contributed by atoms with Crippen molar-refractivity contribution >= 4 is 11.6 Å². The molecule has 0 radical (unpaired) electrons. The number of anilines is 1. The third-order valence-corrected chi connectivity index (χ3v) is 2.89. The topological polar surface area (TPSA) is 41.1 Å². The molecule has 3 nitrogen and oxygen atoms in total. The smallest absolute Gasteiger partial charge is 0.224 e. The van der Waals surface area contributed by atoms with Crippen molar-refractivity contribution in [3.8, 4) is 0 Å². The first-order valence-electron chi connectivity index (χ1n) is 7.00. The van der Waals surface area contributed by atoms with Gasteiger partial charge in [0.25, 0.3) is 0 Å². The molecule has 0 aliphatic carbocycles. The summed E-state index contributed by atoms with van der Waals surface area (Å²) in [5, 5.41) is 6.24. The summed E-state index contributed by atoms with van der Waals surface area (Å²) in [7, 11) is 0. The van der Waals surface area contributed by atoms with Crippen LogP contribution >= 0.6 is 0 Å². The van der Waals surface area contributed by atoms with Crippen LogP contribution in [-0.2, 0) is 11.3 Å². The van der Waals surface area contributed by atoms with Crippen molar-refractivity contribution in [2.45, 2.75) is 47.1 Å². The average molecular weight is 262 g/mol. The number of hydrogen-bond donors (Lipinski definition) is 2. The average Bonchev–Trinajstić information content (AvgIpc) is 2.33. The Morgan fingerprint density at radius 3 is 2.63 bits per heavy atom. The third kappa shape index (κ3) is 6.97. The van der Waals surface area contributed by atoms with Crippen LogP contribution in [0.2, 0.25) is 0 Å². The molecule has 1 aromatic carbocycles. The van der Waals surface area contributed by atoms with Gasteiger partial charge in [-0.15, -0.1) is 0 Å². The second-order valence-electron chi connectivity index (χ2n) is 6.09. The highest BCUT2D eigenvalue weighted by Crippen LogP contribution is 2.21. The Balaban J connectivity index is 2.49. The molecule has 3 heteroatoms. The second kappa shape index (κ2) is 7.29. The Labute approximate surface area is 116 Å². The van der Waals surface area contributed by atoms with Gasteiger partial charge in [0.2, 0.25) is 5.91 Å². The Kier molecular flexibility index (Phi) is 6.03. The molecule has 1 amide bonds. The molecule has 0 unspecified atom stereocenters. The van der Waals surface area contributed by atoms with Crippen molar-refractivity contribution in [2.75, 3.05) is 11.9 Å². The van der Waals surface area contributed by atoms with Crippen LogP contribution in [0, 0.1) is 5.41 Å². The quantitative estimate of drug-likeness (QED) is 0.823. The summed E-state index contributed by atoms with van der Waals surface area (Å²) in [6, 6.07) is 8.00. The number of hydrogen-bond acceptors (Lipinski definition) is 2. The molecule has 1 aromatic rings. The lowest BCUT2D eigenvalue weighted by molar-refractivity contribution is -0.116. The molecule has 0 heterocycles. The van der Waals surface area contributed by atoms with Crippen molar-refractivity contribution < 1.29 is 4.79 Å². The van der Waals surface area contributed by atoms with Gasteiger partial charge in [-0.25, -0.2) is 0 Å². The van der Waals surface area contributed by atoms with Crippen LogP contribution in [0.1, 0.15) is 46.1 Å². The van der Waals surface area contributed by atoms with Gasteiger partial charge in [-0.3, -0.25) is 4.79 Å². The Bertz CT molecular complexity index is 407. The SMILES string of the molecule is CCNCc1cccc(NC(=O)CCC(C)(C)C)c1. The fourth-order valence-electron chi connectivity index (χ4n) is 1.74. The van der Waals surface area contributed by atoms with Crippen molar-refractivity contribution in [3.05, 3.63) is 29.8 Å². The van der Waals surface area contributed by atoms with Gasteiger partial charge in [0, 0.05) is 18.7 Å². The van der Waals surface area contributed by atoms with E-state index in [4.69, 9.17) is 0 Å². The molecule has 0 fully saturated rings. The summed E-state index contributed by atoms with van der Waals surface area (Å²) >= 11 is 0. The predicted molar refractivity (Wildman–Crippen MR) is 81.1 cm³/mol. The molecular formula is C16H26N2O. The zero-order valence-corrected chi connectivity index (χ0v) is 12.5. The molecule has 106 valence electrons. The van der Waals surface area contributed by atoms with Gasteiger partial charge in [0.15, 0.2) is 0 Å². The monoisotopic (exact) mass is 262 g/mol. The molecule has 0 atom stereocenters. The van der Waals surface area contributed by atoms with E-state index >= 15 is 0 Å². The molecule has 0 bridgehead atoms. The highest BCUT2D eigenvalue weighted by Gasteiger charge is 2.12. The normalized spacial score (nSPS) is 11.4. The lowest BCUT2D eigenvalue weighted by Crippen LogP contribution is -2.16.